The topological polar surface area (TPSA) is 129 Å². The lowest BCUT2D eigenvalue weighted by atomic mass is 10.1. The van der Waals surface area contributed by atoms with E-state index < -0.39 is 23.7 Å². The van der Waals surface area contributed by atoms with Crippen LogP contribution in [0.25, 0.3) is 0 Å². The predicted octanol–water partition coefficient (Wildman–Crippen LogP) is 2.42. The number of hydrogen-bond acceptors (Lipinski definition) is 9. The van der Waals surface area contributed by atoms with Crippen molar-refractivity contribution in [3.05, 3.63) is 35.4 Å². The Hall–Kier alpha value is -3.08. The van der Waals surface area contributed by atoms with Gasteiger partial charge >= 0.3 is 6.18 Å². The number of ether oxygens (including phenoxy) is 1. The van der Waals surface area contributed by atoms with Gasteiger partial charge in [-0.2, -0.15) is 23.4 Å². The molecule has 1 aliphatic heterocycles. The largest absolute Gasteiger partial charge is 0.416 e. The molecule has 0 aliphatic carbocycles. The van der Waals surface area contributed by atoms with E-state index in [4.69, 9.17) is 10.5 Å². The van der Waals surface area contributed by atoms with Crippen molar-refractivity contribution in [2.24, 2.45) is 0 Å². The maximum atomic E-state index is 13.2. The summed E-state index contributed by atoms with van der Waals surface area (Å²) in [5.74, 6) is -0.762. The Morgan fingerprint density at radius 3 is 2.73 bits per heavy atom. The minimum Gasteiger partial charge on any atom is -0.379 e. The third kappa shape index (κ3) is 6.47. The van der Waals surface area contributed by atoms with E-state index in [9.17, 15) is 23.2 Å². The SMILES string of the molecule is CSc1nc(N)nc(NC(=O)[C@H](CN2CCOCC2)Nc2cccc(C(F)(F)F)c2)c1C#N. The summed E-state index contributed by atoms with van der Waals surface area (Å²) in [7, 11) is 0. The maximum absolute atomic E-state index is 13.2. The monoisotopic (exact) mass is 481 g/mol. The van der Waals surface area contributed by atoms with Crippen molar-refractivity contribution in [1.29, 1.82) is 5.26 Å². The van der Waals surface area contributed by atoms with Crippen LogP contribution in [0.3, 0.4) is 0 Å². The summed E-state index contributed by atoms with van der Waals surface area (Å²) in [6, 6.07) is 5.61. The average Bonchev–Trinajstić information content (AvgIpc) is 2.78. The molecule has 0 saturated carbocycles. The van der Waals surface area contributed by atoms with Crippen molar-refractivity contribution in [2.45, 2.75) is 17.2 Å². The normalized spacial score (nSPS) is 15.5. The number of benzene rings is 1. The lowest BCUT2D eigenvalue weighted by Crippen LogP contribution is -2.48. The van der Waals surface area contributed by atoms with E-state index in [1.165, 1.54) is 23.9 Å². The molecule has 0 spiro atoms. The summed E-state index contributed by atoms with van der Waals surface area (Å²) in [5, 5.41) is 15.3. The summed E-state index contributed by atoms with van der Waals surface area (Å²) < 4.78 is 44.7. The van der Waals surface area contributed by atoms with Crippen LogP contribution < -0.4 is 16.4 Å². The number of morpholine rings is 1. The van der Waals surface area contributed by atoms with Gasteiger partial charge in [0.05, 0.1) is 18.8 Å². The molecule has 33 heavy (non-hydrogen) atoms. The smallest absolute Gasteiger partial charge is 0.379 e. The van der Waals surface area contributed by atoms with Crippen LogP contribution in [0.4, 0.5) is 30.6 Å². The fraction of sp³-hybridized carbons (Fsp3) is 0.400. The number of carbonyl (C=O) groups excluding carboxylic acids is 1. The molecule has 176 valence electrons. The zero-order valence-corrected chi connectivity index (χ0v) is 18.5. The van der Waals surface area contributed by atoms with Crippen molar-refractivity contribution >= 4 is 35.1 Å². The Balaban J connectivity index is 1.87. The van der Waals surface area contributed by atoms with Crippen LogP contribution in [-0.4, -0.2) is 65.9 Å². The third-order valence-corrected chi connectivity index (χ3v) is 5.51. The Morgan fingerprint density at radius 2 is 2.09 bits per heavy atom. The molecule has 0 radical (unpaired) electrons. The lowest BCUT2D eigenvalue weighted by molar-refractivity contribution is -0.137. The molecule has 0 unspecified atom stereocenters. The van der Waals surface area contributed by atoms with Gasteiger partial charge in [0, 0.05) is 25.3 Å². The summed E-state index contributed by atoms with van der Waals surface area (Å²) in [6.45, 7) is 2.29. The molecular formula is C20H22F3N7O2S. The van der Waals surface area contributed by atoms with Crippen molar-refractivity contribution in [1.82, 2.24) is 14.9 Å². The molecule has 2 heterocycles. The fourth-order valence-corrected chi connectivity index (χ4v) is 3.75. The van der Waals surface area contributed by atoms with Gasteiger partial charge in [-0.1, -0.05) is 6.07 Å². The average molecular weight is 482 g/mol. The van der Waals surface area contributed by atoms with Gasteiger partial charge < -0.3 is 21.1 Å². The zero-order valence-electron chi connectivity index (χ0n) is 17.6. The molecule has 2 aromatic rings. The number of anilines is 3. The Kier molecular flexibility index (Phi) is 7.96. The van der Waals surface area contributed by atoms with Crippen LogP contribution in [0.2, 0.25) is 0 Å². The first-order valence-electron chi connectivity index (χ1n) is 9.87. The number of nitriles is 1. The van der Waals surface area contributed by atoms with Gasteiger partial charge in [-0.3, -0.25) is 9.69 Å². The number of alkyl halides is 3. The number of nitrogens with one attached hydrogen (secondary N) is 2. The predicted molar refractivity (Wildman–Crippen MR) is 118 cm³/mol. The summed E-state index contributed by atoms with van der Waals surface area (Å²) in [6.07, 6.45) is -2.82. The Morgan fingerprint density at radius 1 is 1.36 bits per heavy atom. The first kappa shape index (κ1) is 24.6. The summed E-state index contributed by atoms with van der Waals surface area (Å²) in [5.41, 5.74) is 5.05. The first-order chi connectivity index (χ1) is 15.7. The van der Waals surface area contributed by atoms with E-state index >= 15 is 0 Å². The second-order valence-corrected chi connectivity index (χ2v) is 7.90. The van der Waals surface area contributed by atoms with Gasteiger partial charge in [0.2, 0.25) is 11.9 Å². The number of amides is 1. The van der Waals surface area contributed by atoms with E-state index in [2.05, 4.69) is 20.6 Å². The molecule has 3 rings (SSSR count). The molecule has 0 bridgehead atoms. The number of thioether (sulfide) groups is 1. The highest BCUT2D eigenvalue weighted by Gasteiger charge is 2.31. The Labute approximate surface area is 192 Å². The molecule has 1 atom stereocenters. The van der Waals surface area contributed by atoms with Gasteiger partial charge in [0.15, 0.2) is 5.82 Å². The van der Waals surface area contributed by atoms with Gasteiger partial charge in [-0.05, 0) is 24.5 Å². The standard InChI is InChI=1S/C20H22F3N7O2S/c1-33-18-14(10-24)16(28-19(25)29-18)27-17(31)15(11-30-5-7-32-8-6-30)26-13-4-2-3-12(9-13)20(21,22)23/h2-4,9,15,26H,5-8,11H2,1H3,(H3,25,27,28,29,31)/t15-/m0/s1. The van der Waals surface area contributed by atoms with Gasteiger partial charge in [-0.25, -0.2) is 4.98 Å². The molecule has 1 aromatic heterocycles. The van der Waals surface area contributed by atoms with E-state index in [-0.39, 0.29) is 29.6 Å². The number of aromatic nitrogens is 2. The summed E-state index contributed by atoms with van der Waals surface area (Å²) >= 11 is 1.17. The quantitative estimate of drug-likeness (QED) is 0.403. The van der Waals surface area contributed by atoms with Crippen LogP contribution in [0, 0.1) is 11.3 Å². The summed E-state index contributed by atoms with van der Waals surface area (Å²) in [4.78, 5) is 23.1. The maximum Gasteiger partial charge on any atom is 0.416 e. The second kappa shape index (κ2) is 10.7. The minimum atomic E-state index is -4.52. The van der Waals surface area contributed by atoms with Crippen LogP contribution in [-0.2, 0) is 15.7 Å². The number of nitrogens with two attached hydrogens (primary N) is 1. The second-order valence-electron chi connectivity index (χ2n) is 7.10. The number of nitrogen functional groups attached to an aromatic ring is 1. The molecule has 9 nitrogen and oxygen atoms in total. The van der Waals surface area contributed by atoms with Crippen molar-refractivity contribution in [3.63, 3.8) is 0 Å². The fourth-order valence-electron chi connectivity index (χ4n) is 3.22. The molecule has 1 saturated heterocycles. The molecule has 1 amide bonds. The van der Waals surface area contributed by atoms with E-state index in [1.807, 2.05) is 11.0 Å². The third-order valence-electron chi connectivity index (χ3n) is 4.83. The molecule has 4 N–H and O–H groups in total. The molecule has 1 fully saturated rings. The highest BCUT2D eigenvalue weighted by molar-refractivity contribution is 7.98. The van der Waals surface area contributed by atoms with Crippen LogP contribution in [0.1, 0.15) is 11.1 Å². The molecule has 1 aliphatic rings. The molecular weight excluding hydrogens is 459 g/mol. The van der Waals surface area contributed by atoms with Crippen molar-refractivity contribution < 1.29 is 22.7 Å². The van der Waals surface area contributed by atoms with Gasteiger partial charge in [-0.15, -0.1) is 11.8 Å². The van der Waals surface area contributed by atoms with Gasteiger partial charge in [0.25, 0.3) is 0 Å². The van der Waals surface area contributed by atoms with E-state index in [1.54, 1.807) is 6.26 Å². The number of nitrogens with zero attached hydrogens (tertiary/aromatic N) is 4. The van der Waals surface area contributed by atoms with Crippen LogP contribution in [0.15, 0.2) is 29.3 Å². The number of carbonyl (C=O) groups is 1. The van der Waals surface area contributed by atoms with Crippen molar-refractivity contribution in [2.75, 3.05) is 55.5 Å². The van der Waals surface area contributed by atoms with E-state index in [0.29, 0.717) is 31.3 Å². The number of hydrogen-bond donors (Lipinski definition) is 3. The number of halogens is 3. The van der Waals surface area contributed by atoms with Gasteiger partial charge in [0.1, 0.15) is 22.7 Å². The van der Waals surface area contributed by atoms with Crippen LogP contribution in [0.5, 0.6) is 0 Å². The Bertz CT molecular complexity index is 1040. The first-order valence-corrected chi connectivity index (χ1v) is 11.1. The van der Waals surface area contributed by atoms with E-state index in [0.717, 1.165) is 12.1 Å². The highest BCUT2D eigenvalue weighted by Crippen LogP contribution is 2.31. The van der Waals surface area contributed by atoms with Crippen LogP contribution >= 0.6 is 11.8 Å². The zero-order chi connectivity index (χ0) is 24.0. The minimum absolute atomic E-state index is 0.0502. The highest BCUT2D eigenvalue weighted by atomic mass is 32.2. The lowest BCUT2D eigenvalue weighted by Gasteiger charge is -2.30. The molecule has 1 aromatic carbocycles. The number of rotatable bonds is 7. The van der Waals surface area contributed by atoms with Crippen molar-refractivity contribution in [3.8, 4) is 6.07 Å². The molecule has 13 heteroatoms.